The first-order valence-electron chi connectivity index (χ1n) is 41.1. The van der Waals surface area contributed by atoms with E-state index in [-0.39, 0.29) is 27.7 Å². The number of aromatic nitrogens is 14. The Morgan fingerprint density at radius 2 is 0.570 bits per heavy atom. The summed E-state index contributed by atoms with van der Waals surface area (Å²) in [7, 11) is 0. The summed E-state index contributed by atoms with van der Waals surface area (Å²) in [6.07, 6.45) is 37.7. The first kappa shape index (κ1) is 124. The van der Waals surface area contributed by atoms with E-state index in [1.54, 1.807) is 56.0 Å². The molecule has 1 aromatic carbocycles. The van der Waals surface area contributed by atoms with Crippen LogP contribution in [0.3, 0.4) is 0 Å². The summed E-state index contributed by atoms with van der Waals surface area (Å²) < 4.78 is 0. The van der Waals surface area contributed by atoms with Gasteiger partial charge < -0.3 is 0 Å². The first-order valence-corrected chi connectivity index (χ1v) is 41.1. The van der Waals surface area contributed by atoms with Crippen molar-refractivity contribution < 1.29 is 0 Å². The van der Waals surface area contributed by atoms with Crippen LogP contribution in [0.4, 0.5) is 0 Å². The Bertz CT molecular complexity index is 2620. The molecule has 114 heavy (non-hydrogen) atoms. The molecule has 0 bridgehead atoms. The van der Waals surface area contributed by atoms with Crippen molar-refractivity contribution in [2.75, 3.05) is 0 Å². The molecule has 0 saturated heterocycles. The highest BCUT2D eigenvalue weighted by molar-refractivity contribution is 5.16. The molecule has 0 amide bonds. The van der Waals surface area contributed by atoms with E-state index in [0.29, 0.717) is 43.3 Å². The SMILES string of the molecule is C.C.C.CC.CC.CC.CC.CC.CC.CC(C)(C)Cc1ccccc1.CC(C)(C)Cc1ccccn1.CC(C)(C)Cc1cccnc1.CC(C)(C)Cc1cccnn1.CC(C)(C)Cc1ccncn1.CC(C)(C)Cc1ccnnc1.CC(C)(C)Cc1cnccn1.CC(C)(C)Cc1cncnc1.CC(C)(C)Cc1ncccn1. The minimum Gasteiger partial charge on any atom is -0.264 e. The third kappa shape index (κ3) is 92.9. The first-order chi connectivity index (χ1) is 51.7. The van der Waals surface area contributed by atoms with Gasteiger partial charge in [-0.1, -0.05) is 335 Å². The fraction of sp³-hybridized carbons (Fsp3) is 0.600. The maximum atomic E-state index is 4.26. The van der Waals surface area contributed by atoms with Crippen molar-refractivity contribution >= 4 is 0 Å². The van der Waals surface area contributed by atoms with Crippen molar-refractivity contribution in [2.24, 2.45) is 48.7 Å². The number of pyridine rings is 2. The zero-order valence-electron chi connectivity index (χ0n) is 78.5. The number of hydrogen-bond acceptors (Lipinski definition) is 14. The van der Waals surface area contributed by atoms with E-state index in [1.807, 2.05) is 175 Å². The third-order valence-electron chi connectivity index (χ3n) is 12.5. The molecule has 0 N–H and O–H groups in total. The van der Waals surface area contributed by atoms with Gasteiger partial charge in [0.15, 0.2) is 0 Å². The Morgan fingerprint density at radius 1 is 0.202 bits per heavy atom. The summed E-state index contributed by atoms with van der Waals surface area (Å²) >= 11 is 0. The molecule has 0 fully saturated rings. The monoisotopic (exact) mass is 1580 g/mol. The molecule has 0 radical (unpaired) electrons. The van der Waals surface area contributed by atoms with Gasteiger partial charge in [0.1, 0.15) is 18.5 Å². The van der Waals surface area contributed by atoms with Crippen molar-refractivity contribution in [3.63, 3.8) is 0 Å². The number of rotatable bonds is 9. The molecule has 8 heterocycles. The molecule has 9 aromatic rings. The number of benzene rings is 1. The second kappa shape index (κ2) is 70.4. The van der Waals surface area contributed by atoms with Gasteiger partial charge in [0.05, 0.1) is 17.6 Å². The lowest BCUT2D eigenvalue weighted by molar-refractivity contribution is 0.400. The molecule has 8 aromatic heterocycles. The fourth-order valence-electron chi connectivity index (χ4n) is 9.24. The molecular formula is C100H178N14. The van der Waals surface area contributed by atoms with Gasteiger partial charge in [-0.05, 0) is 171 Å². The van der Waals surface area contributed by atoms with Gasteiger partial charge in [0.2, 0.25) is 0 Å². The van der Waals surface area contributed by atoms with Gasteiger partial charge in [-0.3, -0.25) is 19.9 Å². The average Bonchev–Trinajstić information content (AvgIpc) is 0.980. The summed E-state index contributed by atoms with van der Waals surface area (Å²) in [5, 5.41) is 15.4. The van der Waals surface area contributed by atoms with Crippen LogP contribution >= 0.6 is 0 Å². The van der Waals surface area contributed by atoms with E-state index in [4.69, 9.17) is 0 Å². The Kier molecular flexibility index (Phi) is 76.7. The molecule has 0 unspecified atom stereocenters. The smallest absolute Gasteiger partial charge is 0.128 e. The van der Waals surface area contributed by atoms with Gasteiger partial charge in [-0.25, -0.2) is 29.9 Å². The second-order valence-corrected chi connectivity index (χ2v) is 36.1. The predicted molar refractivity (Wildman–Crippen MR) is 504 cm³/mol. The lowest BCUT2D eigenvalue weighted by atomic mass is 9.88. The third-order valence-corrected chi connectivity index (χ3v) is 12.5. The molecule has 14 heteroatoms. The van der Waals surface area contributed by atoms with Crippen molar-refractivity contribution in [1.29, 1.82) is 0 Å². The highest BCUT2D eigenvalue weighted by Gasteiger charge is 2.17. The summed E-state index contributed by atoms with van der Waals surface area (Å²) in [5.41, 5.74) is 12.6. The molecule has 0 saturated carbocycles. The van der Waals surface area contributed by atoms with Crippen molar-refractivity contribution in [2.45, 2.75) is 350 Å². The number of nitrogens with zero attached hydrogens (tertiary/aromatic N) is 14. The average molecular weight is 1580 g/mol. The van der Waals surface area contributed by atoms with Crippen LogP contribution in [0.5, 0.6) is 0 Å². The standard InChI is InChI=1S/C11H16.2C10H15N.6C9H14N2.6C2H6.3CH4/c1-11(2,3)9-10-7-5-4-6-8-10;1-10(2,3)7-9-5-4-6-11-8-9;1-10(2,3)8-9-6-4-5-7-11-9;1-9(2,3)4-8-5-10-7-11-6-8;1-9(2,3)6-8-7-10-4-5-11-8;1-9(2,3)6-8-4-5-10-7-11-8;1-9(2,3)6-8-4-5-10-11-7-8;1-9(2,3)7-8-10-5-4-6-11-8;1-9(2,3)7-8-5-4-6-10-11-8;6*1-2;;;/h4-8H,9H2,1-3H3;4-6,8H,7H2,1-3H3;4-7H,8H2,1-3H3;5-7H,4H2,1-3H3;3*4-5,7H,6H2,1-3H3;2*4-6H,7H2,1-3H3;6*1-2H3;3*1H4. The van der Waals surface area contributed by atoms with E-state index in [0.717, 1.165) is 80.7 Å². The Morgan fingerprint density at radius 3 is 0.947 bits per heavy atom. The molecule has 0 spiro atoms. The van der Waals surface area contributed by atoms with E-state index in [2.05, 4.69) is 300 Å². The predicted octanol–water partition coefficient (Wildman–Crippen LogP) is 29.1. The van der Waals surface area contributed by atoms with Crippen LogP contribution in [0.15, 0.2) is 190 Å². The molecule has 648 valence electrons. The van der Waals surface area contributed by atoms with E-state index in [9.17, 15) is 0 Å². The van der Waals surface area contributed by atoms with Gasteiger partial charge in [0, 0.05) is 98.4 Å². The van der Waals surface area contributed by atoms with Crippen molar-refractivity contribution in [3.05, 3.63) is 241 Å². The van der Waals surface area contributed by atoms with Crippen LogP contribution in [-0.4, -0.2) is 70.2 Å². The molecule has 9 rings (SSSR count). The normalized spacial score (nSPS) is 10.3. The van der Waals surface area contributed by atoms with Crippen LogP contribution in [0.25, 0.3) is 0 Å². The fourth-order valence-corrected chi connectivity index (χ4v) is 9.24. The van der Waals surface area contributed by atoms with Crippen LogP contribution in [0.2, 0.25) is 0 Å². The van der Waals surface area contributed by atoms with Crippen molar-refractivity contribution in [3.8, 4) is 0 Å². The minimum atomic E-state index is 0. The van der Waals surface area contributed by atoms with E-state index in [1.165, 1.54) is 27.9 Å². The summed E-state index contributed by atoms with van der Waals surface area (Å²) in [4.78, 5) is 40.8. The van der Waals surface area contributed by atoms with E-state index < -0.39 is 0 Å². The number of hydrogen-bond donors (Lipinski definition) is 0. The van der Waals surface area contributed by atoms with Crippen LogP contribution in [0.1, 0.15) is 343 Å². The Balaban J connectivity index is -0.000000152. The minimum absolute atomic E-state index is 0. The second-order valence-electron chi connectivity index (χ2n) is 36.1. The highest BCUT2D eigenvalue weighted by Crippen LogP contribution is 2.25. The van der Waals surface area contributed by atoms with Gasteiger partial charge in [-0.2, -0.15) is 20.4 Å². The Hall–Kier alpha value is -8.00. The summed E-state index contributed by atoms with van der Waals surface area (Å²) in [6.45, 7) is 83.8. The molecule has 0 aliphatic carbocycles. The highest BCUT2D eigenvalue weighted by atomic mass is 15.1. The largest absolute Gasteiger partial charge is 0.264 e. The lowest BCUT2D eigenvalue weighted by Gasteiger charge is -2.17. The Labute approximate surface area is 706 Å². The molecule has 0 aliphatic heterocycles. The van der Waals surface area contributed by atoms with Crippen LogP contribution in [0, 0.1) is 48.7 Å². The van der Waals surface area contributed by atoms with E-state index >= 15 is 0 Å². The molecule has 14 nitrogen and oxygen atoms in total. The quantitative estimate of drug-likeness (QED) is 0.133. The van der Waals surface area contributed by atoms with Gasteiger partial charge in [-0.15, -0.1) is 0 Å². The zero-order valence-corrected chi connectivity index (χ0v) is 78.5. The summed E-state index contributed by atoms with van der Waals surface area (Å²) in [6, 6.07) is 30.6. The molecular weight excluding hydrogens is 1400 g/mol. The lowest BCUT2D eigenvalue weighted by Crippen LogP contribution is -2.11. The van der Waals surface area contributed by atoms with Crippen LogP contribution < -0.4 is 0 Å². The maximum absolute atomic E-state index is 4.26. The van der Waals surface area contributed by atoms with Crippen molar-refractivity contribution in [1.82, 2.24) is 70.2 Å². The summed E-state index contributed by atoms with van der Waals surface area (Å²) in [5.74, 6) is 0.931. The van der Waals surface area contributed by atoms with Crippen LogP contribution in [-0.2, 0) is 57.8 Å². The topological polar surface area (TPSA) is 180 Å². The molecule has 0 atom stereocenters. The maximum Gasteiger partial charge on any atom is 0.128 e. The van der Waals surface area contributed by atoms with Gasteiger partial charge >= 0.3 is 0 Å². The van der Waals surface area contributed by atoms with Gasteiger partial charge in [0.25, 0.3) is 0 Å². The molecule has 0 aliphatic rings. The zero-order chi connectivity index (χ0) is 86.9.